The molecule has 2 rings (SSSR count). The summed E-state index contributed by atoms with van der Waals surface area (Å²) in [6.07, 6.45) is 7.26. The van der Waals surface area contributed by atoms with Gasteiger partial charge in [0.15, 0.2) is 0 Å². The minimum absolute atomic E-state index is 0.0496. The van der Waals surface area contributed by atoms with Gasteiger partial charge in [-0.3, -0.25) is 9.48 Å². The zero-order valence-corrected chi connectivity index (χ0v) is 9.88. The molecule has 5 nitrogen and oxygen atoms in total. The molecule has 0 aromatic carbocycles. The highest BCUT2D eigenvalue weighted by atomic mass is 16.3. The normalized spacial score (nSPS) is 24.5. The first-order valence-electron chi connectivity index (χ1n) is 6.18. The Morgan fingerprint density at radius 2 is 2.29 bits per heavy atom. The van der Waals surface area contributed by atoms with Gasteiger partial charge in [0.05, 0.1) is 6.10 Å². The zero-order chi connectivity index (χ0) is 12.1. The van der Waals surface area contributed by atoms with E-state index in [0.717, 1.165) is 25.7 Å². The van der Waals surface area contributed by atoms with Gasteiger partial charge in [0.2, 0.25) is 5.91 Å². The smallest absolute Gasteiger partial charge is 0.241 e. The summed E-state index contributed by atoms with van der Waals surface area (Å²) in [5.74, 6) is 0.164. The molecule has 1 heterocycles. The topological polar surface area (TPSA) is 67.2 Å². The van der Waals surface area contributed by atoms with E-state index in [1.807, 2.05) is 0 Å². The molecule has 0 aliphatic heterocycles. The first kappa shape index (κ1) is 12.1. The molecule has 0 spiro atoms. The summed E-state index contributed by atoms with van der Waals surface area (Å²) in [6.45, 7) is 0.817. The average Bonchev–Trinajstić information content (AvgIpc) is 2.81. The van der Waals surface area contributed by atoms with E-state index in [0.29, 0.717) is 6.54 Å². The number of nitrogens with one attached hydrogen (secondary N) is 1. The summed E-state index contributed by atoms with van der Waals surface area (Å²) >= 11 is 0. The van der Waals surface area contributed by atoms with Crippen LogP contribution in [0.2, 0.25) is 0 Å². The van der Waals surface area contributed by atoms with Gasteiger partial charge in [0.1, 0.15) is 6.54 Å². The Morgan fingerprint density at radius 3 is 3.00 bits per heavy atom. The lowest BCUT2D eigenvalue weighted by atomic mass is 9.86. The second kappa shape index (κ2) is 5.82. The van der Waals surface area contributed by atoms with Crippen LogP contribution in [0.3, 0.4) is 0 Å². The quantitative estimate of drug-likeness (QED) is 0.803. The van der Waals surface area contributed by atoms with Crippen molar-refractivity contribution >= 4 is 5.91 Å². The molecule has 0 bridgehead atoms. The summed E-state index contributed by atoms with van der Waals surface area (Å²) in [5.41, 5.74) is 0. The number of rotatable bonds is 4. The van der Waals surface area contributed by atoms with Crippen molar-refractivity contribution in [3.8, 4) is 0 Å². The molecule has 94 valence electrons. The molecule has 2 N–H and O–H groups in total. The molecular formula is C12H19N3O2. The van der Waals surface area contributed by atoms with Crippen molar-refractivity contribution in [1.82, 2.24) is 15.1 Å². The third kappa shape index (κ3) is 3.56. The van der Waals surface area contributed by atoms with Gasteiger partial charge >= 0.3 is 0 Å². The molecule has 0 saturated heterocycles. The van der Waals surface area contributed by atoms with E-state index in [2.05, 4.69) is 10.4 Å². The molecule has 5 heteroatoms. The number of carbonyl (C=O) groups is 1. The fourth-order valence-electron chi connectivity index (χ4n) is 2.27. The number of carbonyl (C=O) groups excluding carboxylic acids is 1. The van der Waals surface area contributed by atoms with Gasteiger partial charge < -0.3 is 10.4 Å². The fraction of sp³-hybridized carbons (Fsp3) is 0.667. The maximum Gasteiger partial charge on any atom is 0.241 e. The van der Waals surface area contributed by atoms with E-state index in [-0.39, 0.29) is 24.5 Å². The van der Waals surface area contributed by atoms with Gasteiger partial charge in [0.25, 0.3) is 0 Å². The predicted molar refractivity (Wildman–Crippen MR) is 63.2 cm³/mol. The Balaban J connectivity index is 1.72. The van der Waals surface area contributed by atoms with Crippen molar-refractivity contribution in [3.05, 3.63) is 18.5 Å². The summed E-state index contributed by atoms with van der Waals surface area (Å²) in [6, 6.07) is 1.79. The number of hydrogen-bond acceptors (Lipinski definition) is 3. The van der Waals surface area contributed by atoms with Gasteiger partial charge in [-0.15, -0.1) is 0 Å². The first-order valence-corrected chi connectivity index (χ1v) is 6.18. The van der Waals surface area contributed by atoms with Crippen LogP contribution in [0, 0.1) is 5.92 Å². The van der Waals surface area contributed by atoms with Gasteiger partial charge in [0, 0.05) is 24.9 Å². The predicted octanol–water partition coefficient (Wildman–Crippen LogP) is 0.550. The lowest BCUT2D eigenvalue weighted by Crippen LogP contribution is -2.38. The highest BCUT2D eigenvalue weighted by Crippen LogP contribution is 2.23. The molecule has 1 aromatic rings. The lowest BCUT2D eigenvalue weighted by Gasteiger charge is -2.27. The second-order valence-electron chi connectivity index (χ2n) is 4.62. The molecule has 2 unspecified atom stereocenters. The van der Waals surface area contributed by atoms with Crippen LogP contribution >= 0.6 is 0 Å². The maximum absolute atomic E-state index is 11.6. The average molecular weight is 237 g/mol. The summed E-state index contributed by atoms with van der Waals surface area (Å²) in [4.78, 5) is 11.6. The van der Waals surface area contributed by atoms with E-state index in [1.165, 1.54) is 0 Å². The third-order valence-corrected chi connectivity index (χ3v) is 3.30. The minimum Gasteiger partial charge on any atom is -0.393 e. The Kier molecular flexibility index (Phi) is 4.14. The van der Waals surface area contributed by atoms with Crippen molar-refractivity contribution in [3.63, 3.8) is 0 Å². The molecule has 1 fully saturated rings. The van der Waals surface area contributed by atoms with Gasteiger partial charge in [-0.1, -0.05) is 12.8 Å². The zero-order valence-electron chi connectivity index (χ0n) is 9.88. The van der Waals surface area contributed by atoms with Crippen molar-refractivity contribution in [2.75, 3.05) is 6.54 Å². The summed E-state index contributed by atoms with van der Waals surface area (Å²) in [5, 5.41) is 16.6. The van der Waals surface area contributed by atoms with Crippen molar-refractivity contribution in [2.24, 2.45) is 5.92 Å². The Labute approximate surface area is 101 Å². The van der Waals surface area contributed by atoms with E-state index >= 15 is 0 Å². The molecule has 1 aliphatic carbocycles. The second-order valence-corrected chi connectivity index (χ2v) is 4.62. The van der Waals surface area contributed by atoms with Crippen LogP contribution in [0.15, 0.2) is 18.5 Å². The van der Waals surface area contributed by atoms with Crippen molar-refractivity contribution < 1.29 is 9.90 Å². The van der Waals surface area contributed by atoms with Gasteiger partial charge in [-0.2, -0.15) is 5.10 Å². The molecule has 2 atom stereocenters. The largest absolute Gasteiger partial charge is 0.393 e. The molecule has 1 saturated carbocycles. The molecule has 1 aliphatic rings. The molecule has 1 amide bonds. The number of nitrogens with zero attached hydrogens (tertiary/aromatic N) is 2. The highest BCUT2D eigenvalue weighted by Gasteiger charge is 2.23. The lowest BCUT2D eigenvalue weighted by molar-refractivity contribution is -0.122. The van der Waals surface area contributed by atoms with E-state index < -0.39 is 0 Å². The molecule has 1 aromatic heterocycles. The molecule has 0 radical (unpaired) electrons. The maximum atomic E-state index is 11.6. The van der Waals surface area contributed by atoms with E-state index in [4.69, 9.17) is 0 Å². The molecular weight excluding hydrogens is 218 g/mol. The van der Waals surface area contributed by atoms with Crippen LogP contribution in [0.1, 0.15) is 25.7 Å². The number of amides is 1. The van der Waals surface area contributed by atoms with E-state index in [1.54, 1.807) is 23.1 Å². The van der Waals surface area contributed by atoms with Gasteiger partial charge in [-0.05, 0) is 18.9 Å². The Morgan fingerprint density at radius 1 is 1.47 bits per heavy atom. The van der Waals surface area contributed by atoms with Crippen LogP contribution in [-0.4, -0.2) is 33.4 Å². The van der Waals surface area contributed by atoms with Crippen molar-refractivity contribution in [1.29, 1.82) is 0 Å². The summed E-state index contributed by atoms with van der Waals surface area (Å²) in [7, 11) is 0. The number of aromatic nitrogens is 2. The standard InChI is InChI=1S/C12H19N3O2/c16-11-5-2-1-4-10(11)8-13-12(17)9-15-7-3-6-14-15/h3,6-7,10-11,16H,1-2,4-5,8-9H2,(H,13,17). The van der Waals surface area contributed by atoms with Crippen LogP contribution in [0.25, 0.3) is 0 Å². The fourth-order valence-corrected chi connectivity index (χ4v) is 2.27. The van der Waals surface area contributed by atoms with Crippen LogP contribution < -0.4 is 5.32 Å². The third-order valence-electron chi connectivity index (χ3n) is 3.30. The minimum atomic E-state index is -0.256. The van der Waals surface area contributed by atoms with Gasteiger partial charge in [-0.25, -0.2) is 0 Å². The van der Waals surface area contributed by atoms with Crippen LogP contribution in [0.5, 0.6) is 0 Å². The van der Waals surface area contributed by atoms with Crippen LogP contribution in [-0.2, 0) is 11.3 Å². The summed E-state index contributed by atoms with van der Waals surface area (Å²) < 4.78 is 1.59. The SMILES string of the molecule is O=C(Cn1cccn1)NCC1CCCCC1O. The van der Waals surface area contributed by atoms with E-state index in [9.17, 15) is 9.90 Å². The van der Waals surface area contributed by atoms with Crippen LogP contribution in [0.4, 0.5) is 0 Å². The Hall–Kier alpha value is -1.36. The number of hydrogen-bond donors (Lipinski definition) is 2. The Bertz CT molecular complexity index is 351. The number of aliphatic hydroxyl groups is 1. The monoisotopic (exact) mass is 237 g/mol. The first-order chi connectivity index (χ1) is 8.25. The highest BCUT2D eigenvalue weighted by molar-refractivity contribution is 5.75. The number of aliphatic hydroxyl groups excluding tert-OH is 1. The molecule has 17 heavy (non-hydrogen) atoms. The van der Waals surface area contributed by atoms with Crippen molar-refractivity contribution in [2.45, 2.75) is 38.3 Å².